The summed E-state index contributed by atoms with van der Waals surface area (Å²) in [6.07, 6.45) is 15.2. The molecule has 1 fully saturated rings. The van der Waals surface area contributed by atoms with Gasteiger partial charge in [-0.25, -0.2) is 9.97 Å². The second-order valence-corrected chi connectivity index (χ2v) is 17.5. The summed E-state index contributed by atoms with van der Waals surface area (Å²) in [5.41, 5.74) is 1.70. The third-order valence-electron chi connectivity index (χ3n) is 8.70. The predicted molar refractivity (Wildman–Crippen MR) is 175 cm³/mol. The van der Waals surface area contributed by atoms with Crippen molar-refractivity contribution >= 4 is 51.8 Å². The molecule has 1 aliphatic carbocycles. The maximum atomic E-state index is 7.17. The zero-order valence-electron chi connectivity index (χ0n) is 24.6. The summed E-state index contributed by atoms with van der Waals surface area (Å²) >= 11 is 3.52. The van der Waals surface area contributed by atoms with E-state index in [1.807, 2.05) is 16.8 Å². The van der Waals surface area contributed by atoms with Crippen molar-refractivity contribution in [1.82, 2.24) is 24.1 Å². The van der Waals surface area contributed by atoms with Crippen molar-refractivity contribution in [3.8, 4) is 0 Å². The highest BCUT2D eigenvalue weighted by Crippen LogP contribution is 2.38. The highest BCUT2D eigenvalue weighted by molar-refractivity contribution is 9.10. The van der Waals surface area contributed by atoms with E-state index in [1.165, 1.54) is 23.2 Å². The second-order valence-electron chi connectivity index (χ2n) is 12.4. The number of rotatable bonds is 9. The molecular formula is C33H39BrN6OSi. The standard InChI is InChI=1S/C33H39BrN6OSi/c1-33(2,3)42(28-10-6-4-7-11-28,29-12-8-5-9-13-29)41-21-18-25-14-16-27(17-15-25)40-24-26(22-37-40)38-31-32-35-19-20-39(32)30(34)23-36-31/h4-13,19-20,22-25,27H,14-18,21H2,1-3H3,(H,36,38)/t25-,27-. The molecule has 2 aromatic carbocycles. The lowest BCUT2D eigenvalue weighted by Crippen LogP contribution is -2.66. The zero-order chi connectivity index (χ0) is 29.2. The highest BCUT2D eigenvalue weighted by Gasteiger charge is 2.50. The first kappa shape index (κ1) is 28.8. The minimum absolute atomic E-state index is 0.00827. The van der Waals surface area contributed by atoms with Crippen LogP contribution in [0.15, 0.2) is 96.3 Å². The number of nitrogens with zero attached hydrogens (tertiary/aromatic N) is 5. The first-order valence-electron chi connectivity index (χ1n) is 14.9. The number of halogens is 1. The van der Waals surface area contributed by atoms with Gasteiger partial charge in [-0.05, 0) is 69.4 Å². The topological polar surface area (TPSA) is 69.3 Å². The quantitative estimate of drug-likeness (QED) is 0.173. The number of hydrogen-bond donors (Lipinski definition) is 1. The molecular weight excluding hydrogens is 604 g/mol. The van der Waals surface area contributed by atoms with Crippen LogP contribution in [0.1, 0.15) is 58.9 Å². The first-order valence-corrected chi connectivity index (χ1v) is 17.6. The Bertz CT molecular complexity index is 1570. The normalized spacial score (nSPS) is 17.9. The van der Waals surface area contributed by atoms with Crippen LogP contribution in [0.25, 0.3) is 5.65 Å². The van der Waals surface area contributed by atoms with Crippen molar-refractivity contribution in [1.29, 1.82) is 0 Å². The van der Waals surface area contributed by atoms with E-state index in [0.717, 1.165) is 41.8 Å². The number of hydrogen-bond acceptors (Lipinski definition) is 5. The first-order chi connectivity index (χ1) is 20.3. The van der Waals surface area contributed by atoms with Crippen LogP contribution in [0, 0.1) is 5.92 Å². The van der Waals surface area contributed by atoms with Gasteiger partial charge in [0.25, 0.3) is 8.32 Å². The van der Waals surface area contributed by atoms with Crippen LogP contribution in [0.2, 0.25) is 5.04 Å². The monoisotopic (exact) mass is 642 g/mol. The van der Waals surface area contributed by atoms with Crippen molar-refractivity contribution < 1.29 is 4.43 Å². The molecule has 0 aliphatic heterocycles. The minimum atomic E-state index is -2.48. The molecule has 3 aromatic heterocycles. The van der Waals surface area contributed by atoms with E-state index in [-0.39, 0.29) is 5.04 Å². The van der Waals surface area contributed by atoms with Gasteiger partial charge in [0.05, 0.1) is 24.1 Å². The predicted octanol–water partition coefficient (Wildman–Crippen LogP) is 7.13. The van der Waals surface area contributed by atoms with Crippen molar-refractivity contribution in [2.75, 3.05) is 11.9 Å². The van der Waals surface area contributed by atoms with E-state index in [2.05, 4.69) is 124 Å². The van der Waals surface area contributed by atoms with Gasteiger partial charge in [-0.3, -0.25) is 9.08 Å². The molecule has 9 heteroatoms. The molecule has 0 spiro atoms. The molecule has 0 saturated heterocycles. The molecule has 0 radical (unpaired) electrons. The van der Waals surface area contributed by atoms with Crippen molar-refractivity contribution in [3.63, 3.8) is 0 Å². The van der Waals surface area contributed by atoms with Gasteiger partial charge in [0.2, 0.25) is 0 Å². The van der Waals surface area contributed by atoms with Crippen molar-refractivity contribution in [3.05, 3.63) is 96.3 Å². The summed E-state index contributed by atoms with van der Waals surface area (Å²) < 4.78 is 12.1. The summed E-state index contributed by atoms with van der Waals surface area (Å²) in [5, 5.41) is 10.8. The molecule has 0 amide bonds. The average Bonchev–Trinajstić information content (AvgIpc) is 3.69. The zero-order valence-corrected chi connectivity index (χ0v) is 27.2. The molecule has 5 aromatic rings. The number of anilines is 2. The number of aromatic nitrogens is 5. The number of nitrogens with one attached hydrogen (secondary N) is 1. The maximum Gasteiger partial charge on any atom is 0.261 e. The molecule has 218 valence electrons. The Morgan fingerprint density at radius 1 is 0.929 bits per heavy atom. The van der Waals surface area contributed by atoms with Crippen LogP contribution in [0.5, 0.6) is 0 Å². The van der Waals surface area contributed by atoms with Gasteiger partial charge in [0.15, 0.2) is 11.5 Å². The largest absolute Gasteiger partial charge is 0.407 e. The fraction of sp³-hybridized carbons (Fsp3) is 0.364. The van der Waals surface area contributed by atoms with Crippen LogP contribution < -0.4 is 15.7 Å². The Morgan fingerprint density at radius 2 is 1.60 bits per heavy atom. The molecule has 1 aliphatic rings. The van der Waals surface area contributed by atoms with Gasteiger partial charge >= 0.3 is 0 Å². The molecule has 1 saturated carbocycles. The molecule has 0 bridgehead atoms. The summed E-state index contributed by atoms with van der Waals surface area (Å²) in [6, 6.07) is 22.3. The lowest BCUT2D eigenvalue weighted by molar-refractivity contribution is 0.206. The van der Waals surface area contributed by atoms with E-state index >= 15 is 0 Å². The van der Waals surface area contributed by atoms with Crippen LogP contribution in [-0.2, 0) is 4.43 Å². The van der Waals surface area contributed by atoms with Crippen molar-refractivity contribution in [2.24, 2.45) is 5.92 Å². The van der Waals surface area contributed by atoms with E-state index in [9.17, 15) is 0 Å². The molecule has 0 atom stereocenters. The fourth-order valence-corrected chi connectivity index (χ4v) is 11.5. The Hall–Kier alpha value is -3.27. The number of imidazole rings is 1. The van der Waals surface area contributed by atoms with Gasteiger partial charge in [0, 0.05) is 25.2 Å². The summed E-state index contributed by atoms with van der Waals surface area (Å²) in [4.78, 5) is 8.96. The Morgan fingerprint density at radius 3 is 2.24 bits per heavy atom. The average molecular weight is 644 g/mol. The van der Waals surface area contributed by atoms with Crippen LogP contribution in [0.4, 0.5) is 11.5 Å². The SMILES string of the molecule is CC(C)(C)[Si](OCC[C@H]1CC[C@H](n2cc(Nc3ncc(Br)n4ccnc34)cn2)CC1)(c1ccccc1)c1ccccc1. The molecule has 0 unspecified atom stereocenters. The van der Waals surface area contributed by atoms with Crippen LogP contribution in [-0.4, -0.2) is 39.1 Å². The van der Waals surface area contributed by atoms with Gasteiger partial charge in [-0.1, -0.05) is 81.4 Å². The minimum Gasteiger partial charge on any atom is -0.407 e. The van der Waals surface area contributed by atoms with Crippen LogP contribution in [0.3, 0.4) is 0 Å². The molecule has 3 heterocycles. The number of benzene rings is 2. The molecule has 42 heavy (non-hydrogen) atoms. The van der Waals surface area contributed by atoms with Crippen molar-refractivity contribution in [2.45, 2.75) is 64.0 Å². The third-order valence-corrected chi connectivity index (χ3v) is 14.3. The van der Waals surface area contributed by atoms with E-state index in [0.29, 0.717) is 17.8 Å². The highest BCUT2D eigenvalue weighted by atomic mass is 79.9. The summed E-state index contributed by atoms with van der Waals surface area (Å²) in [7, 11) is -2.48. The number of fused-ring (bicyclic) bond motifs is 1. The third kappa shape index (κ3) is 5.70. The van der Waals surface area contributed by atoms with Gasteiger partial charge in [0.1, 0.15) is 4.60 Å². The van der Waals surface area contributed by atoms with E-state index in [4.69, 9.17) is 9.52 Å². The fourth-order valence-electron chi connectivity index (χ4n) is 6.55. The molecule has 6 rings (SSSR count). The Balaban J connectivity index is 1.08. The maximum absolute atomic E-state index is 7.17. The second kappa shape index (κ2) is 12.1. The smallest absolute Gasteiger partial charge is 0.261 e. The van der Waals surface area contributed by atoms with Gasteiger partial charge in [-0.15, -0.1) is 0 Å². The summed E-state index contributed by atoms with van der Waals surface area (Å²) in [5.74, 6) is 1.39. The molecule has 7 nitrogen and oxygen atoms in total. The van der Waals surface area contributed by atoms with E-state index < -0.39 is 8.32 Å². The van der Waals surface area contributed by atoms with Crippen LogP contribution >= 0.6 is 15.9 Å². The van der Waals surface area contributed by atoms with Gasteiger partial charge < -0.3 is 9.74 Å². The summed E-state index contributed by atoms with van der Waals surface area (Å²) in [6.45, 7) is 7.84. The Labute approximate surface area is 257 Å². The Kier molecular flexibility index (Phi) is 8.34. The lowest BCUT2D eigenvalue weighted by Gasteiger charge is -2.43. The van der Waals surface area contributed by atoms with Gasteiger partial charge in [-0.2, -0.15) is 5.10 Å². The lowest BCUT2D eigenvalue weighted by atomic mass is 9.84. The molecule has 1 N–H and O–H groups in total. The van der Waals surface area contributed by atoms with E-state index in [1.54, 1.807) is 12.4 Å².